The quantitative estimate of drug-likeness (QED) is 0.772. The molecule has 0 radical (unpaired) electrons. The Bertz CT molecular complexity index is 395. The first-order chi connectivity index (χ1) is 8.74. The van der Waals surface area contributed by atoms with Crippen molar-refractivity contribution in [3.63, 3.8) is 0 Å². The van der Waals surface area contributed by atoms with Crippen molar-refractivity contribution in [2.45, 2.75) is 38.8 Å². The van der Waals surface area contributed by atoms with Crippen LogP contribution < -0.4 is 10.6 Å². The molecule has 1 aliphatic carbocycles. The number of aryl methyl sites for hydroxylation is 1. The van der Waals surface area contributed by atoms with E-state index < -0.39 is 0 Å². The van der Waals surface area contributed by atoms with Crippen LogP contribution >= 0.6 is 0 Å². The SMILES string of the molecule is CCNC(=O)CCn1ccc(C(NC)C2CC2)c1. The molecule has 1 atom stereocenters. The van der Waals surface area contributed by atoms with Crippen molar-refractivity contribution in [3.05, 3.63) is 24.0 Å². The summed E-state index contributed by atoms with van der Waals surface area (Å²) < 4.78 is 2.11. The third-order valence-electron chi connectivity index (χ3n) is 3.51. The zero-order chi connectivity index (χ0) is 13.0. The summed E-state index contributed by atoms with van der Waals surface area (Å²) in [7, 11) is 2.02. The number of carbonyl (C=O) groups is 1. The lowest BCUT2D eigenvalue weighted by atomic mass is 10.1. The van der Waals surface area contributed by atoms with E-state index in [9.17, 15) is 4.79 Å². The summed E-state index contributed by atoms with van der Waals surface area (Å²) in [6.45, 7) is 3.41. The van der Waals surface area contributed by atoms with Crippen molar-refractivity contribution in [3.8, 4) is 0 Å². The molecular formula is C14H23N3O. The first kappa shape index (κ1) is 13.1. The minimum Gasteiger partial charge on any atom is -0.356 e. The third kappa shape index (κ3) is 3.35. The average Bonchev–Trinajstić information content (AvgIpc) is 3.07. The molecule has 1 aliphatic rings. The molecule has 0 aliphatic heterocycles. The summed E-state index contributed by atoms with van der Waals surface area (Å²) in [6, 6.07) is 2.65. The summed E-state index contributed by atoms with van der Waals surface area (Å²) in [5.41, 5.74) is 1.34. The molecule has 4 heteroatoms. The molecule has 0 aromatic carbocycles. The largest absolute Gasteiger partial charge is 0.356 e. The smallest absolute Gasteiger partial charge is 0.221 e. The van der Waals surface area contributed by atoms with Crippen LogP contribution in [0.15, 0.2) is 18.5 Å². The van der Waals surface area contributed by atoms with Crippen LogP contribution in [0.5, 0.6) is 0 Å². The van der Waals surface area contributed by atoms with Gasteiger partial charge >= 0.3 is 0 Å². The molecule has 1 amide bonds. The Kier molecular flexibility index (Phi) is 4.42. The molecule has 1 heterocycles. The van der Waals surface area contributed by atoms with Gasteiger partial charge in [0.1, 0.15) is 0 Å². The lowest BCUT2D eigenvalue weighted by Gasteiger charge is -2.13. The Balaban J connectivity index is 1.87. The van der Waals surface area contributed by atoms with Gasteiger partial charge in [0.15, 0.2) is 0 Å². The lowest BCUT2D eigenvalue weighted by molar-refractivity contribution is -0.121. The van der Waals surface area contributed by atoms with E-state index >= 15 is 0 Å². The fraction of sp³-hybridized carbons (Fsp3) is 0.643. The minimum atomic E-state index is 0.125. The molecule has 2 rings (SSSR count). The highest BCUT2D eigenvalue weighted by molar-refractivity contribution is 5.75. The Morgan fingerprint density at radius 2 is 2.33 bits per heavy atom. The number of rotatable bonds is 7. The highest BCUT2D eigenvalue weighted by Crippen LogP contribution is 2.40. The van der Waals surface area contributed by atoms with Gasteiger partial charge in [0.25, 0.3) is 0 Å². The zero-order valence-electron chi connectivity index (χ0n) is 11.3. The van der Waals surface area contributed by atoms with Gasteiger partial charge < -0.3 is 15.2 Å². The van der Waals surface area contributed by atoms with Gasteiger partial charge in [0.05, 0.1) is 0 Å². The second kappa shape index (κ2) is 6.05. The molecule has 18 heavy (non-hydrogen) atoms. The average molecular weight is 249 g/mol. The summed E-state index contributed by atoms with van der Waals surface area (Å²) >= 11 is 0. The summed E-state index contributed by atoms with van der Waals surface area (Å²) in [4.78, 5) is 11.4. The summed E-state index contributed by atoms with van der Waals surface area (Å²) in [5.74, 6) is 0.925. The van der Waals surface area contributed by atoms with E-state index in [2.05, 4.69) is 33.7 Å². The molecule has 0 spiro atoms. The van der Waals surface area contributed by atoms with Gasteiger partial charge in [0, 0.05) is 37.9 Å². The van der Waals surface area contributed by atoms with E-state index in [4.69, 9.17) is 0 Å². The molecule has 1 fully saturated rings. The van der Waals surface area contributed by atoms with Gasteiger partial charge in [-0.2, -0.15) is 0 Å². The van der Waals surface area contributed by atoms with Gasteiger partial charge in [-0.05, 0) is 44.4 Å². The van der Waals surface area contributed by atoms with Crippen molar-refractivity contribution < 1.29 is 4.79 Å². The predicted octanol–water partition coefficient (Wildman–Crippen LogP) is 1.68. The monoisotopic (exact) mass is 249 g/mol. The van der Waals surface area contributed by atoms with Crippen LogP contribution in [0.3, 0.4) is 0 Å². The predicted molar refractivity (Wildman–Crippen MR) is 72.3 cm³/mol. The second-order valence-electron chi connectivity index (χ2n) is 4.99. The van der Waals surface area contributed by atoms with E-state index in [1.807, 2.05) is 14.0 Å². The number of amides is 1. The molecule has 1 unspecified atom stereocenters. The number of nitrogens with zero attached hydrogens (tertiary/aromatic N) is 1. The normalized spacial score (nSPS) is 16.6. The minimum absolute atomic E-state index is 0.125. The molecule has 0 saturated heterocycles. The van der Waals surface area contributed by atoms with E-state index in [1.54, 1.807) is 0 Å². The maximum absolute atomic E-state index is 11.4. The van der Waals surface area contributed by atoms with Crippen molar-refractivity contribution in [2.75, 3.05) is 13.6 Å². The van der Waals surface area contributed by atoms with Crippen LogP contribution in [0.25, 0.3) is 0 Å². The van der Waals surface area contributed by atoms with Gasteiger partial charge in [-0.15, -0.1) is 0 Å². The molecule has 1 aromatic heterocycles. The fourth-order valence-electron chi connectivity index (χ4n) is 2.40. The Morgan fingerprint density at radius 3 is 2.94 bits per heavy atom. The Hall–Kier alpha value is -1.29. The summed E-state index contributed by atoms with van der Waals surface area (Å²) in [5, 5.41) is 6.21. The van der Waals surface area contributed by atoms with Crippen LogP contribution in [-0.4, -0.2) is 24.1 Å². The maximum Gasteiger partial charge on any atom is 0.221 e. The molecule has 0 bridgehead atoms. The van der Waals surface area contributed by atoms with E-state index in [0.29, 0.717) is 19.0 Å². The van der Waals surface area contributed by atoms with Crippen LogP contribution in [0, 0.1) is 5.92 Å². The Labute approximate surface area is 109 Å². The van der Waals surface area contributed by atoms with Gasteiger partial charge in [-0.25, -0.2) is 0 Å². The van der Waals surface area contributed by atoms with Crippen LogP contribution in [0.2, 0.25) is 0 Å². The zero-order valence-corrected chi connectivity index (χ0v) is 11.3. The second-order valence-corrected chi connectivity index (χ2v) is 4.99. The number of nitrogens with one attached hydrogen (secondary N) is 2. The van der Waals surface area contributed by atoms with E-state index in [-0.39, 0.29) is 5.91 Å². The number of carbonyl (C=O) groups excluding carboxylic acids is 1. The van der Waals surface area contributed by atoms with Crippen molar-refractivity contribution in [1.82, 2.24) is 15.2 Å². The van der Waals surface area contributed by atoms with Crippen molar-refractivity contribution in [1.29, 1.82) is 0 Å². The van der Waals surface area contributed by atoms with Crippen LogP contribution in [0.1, 0.15) is 37.8 Å². The molecule has 1 aromatic rings. The van der Waals surface area contributed by atoms with E-state index in [1.165, 1.54) is 18.4 Å². The number of hydrogen-bond donors (Lipinski definition) is 2. The molecular weight excluding hydrogens is 226 g/mol. The fourth-order valence-corrected chi connectivity index (χ4v) is 2.40. The number of aromatic nitrogens is 1. The highest BCUT2D eigenvalue weighted by atomic mass is 16.1. The molecule has 100 valence electrons. The first-order valence-corrected chi connectivity index (χ1v) is 6.84. The van der Waals surface area contributed by atoms with E-state index in [0.717, 1.165) is 12.5 Å². The van der Waals surface area contributed by atoms with Crippen molar-refractivity contribution >= 4 is 5.91 Å². The standard InChI is InChI=1S/C14H23N3O/c1-3-16-13(18)7-9-17-8-6-12(10-17)14(15-2)11-4-5-11/h6,8,10-11,14-15H,3-5,7,9H2,1-2H3,(H,16,18). The van der Waals surface area contributed by atoms with Crippen LogP contribution in [-0.2, 0) is 11.3 Å². The maximum atomic E-state index is 11.4. The lowest BCUT2D eigenvalue weighted by Crippen LogP contribution is -2.23. The highest BCUT2D eigenvalue weighted by Gasteiger charge is 2.31. The molecule has 1 saturated carbocycles. The third-order valence-corrected chi connectivity index (χ3v) is 3.51. The molecule has 2 N–H and O–H groups in total. The van der Waals surface area contributed by atoms with Gasteiger partial charge in [-0.1, -0.05) is 0 Å². The Morgan fingerprint density at radius 1 is 1.56 bits per heavy atom. The first-order valence-electron chi connectivity index (χ1n) is 6.84. The number of hydrogen-bond acceptors (Lipinski definition) is 2. The topological polar surface area (TPSA) is 46.1 Å². The molecule has 4 nitrogen and oxygen atoms in total. The van der Waals surface area contributed by atoms with Gasteiger partial charge in [-0.3, -0.25) is 4.79 Å². The van der Waals surface area contributed by atoms with Crippen LogP contribution in [0.4, 0.5) is 0 Å². The van der Waals surface area contributed by atoms with Crippen molar-refractivity contribution in [2.24, 2.45) is 5.92 Å². The van der Waals surface area contributed by atoms with Gasteiger partial charge in [0.2, 0.25) is 5.91 Å². The summed E-state index contributed by atoms with van der Waals surface area (Å²) in [6.07, 6.45) is 7.45.